The average molecular weight is 258 g/mol. The fraction of sp³-hybridized carbons (Fsp3) is 0.846. The number of esters is 1. The van der Waals surface area contributed by atoms with Crippen LogP contribution in [-0.4, -0.2) is 31.1 Å². The molecule has 106 valence electrons. The molecule has 0 aliphatic carbocycles. The van der Waals surface area contributed by atoms with Gasteiger partial charge in [0, 0.05) is 19.0 Å². The van der Waals surface area contributed by atoms with Crippen molar-refractivity contribution in [1.82, 2.24) is 5.32 Å². The normalized spacial score (nSPS) is 12.9. The molecule has 1 amide bonds. The van der Waals surface area contributed by atoms with E-state index >= 15 is 0 Å². The molecule has 0 saturated heterocycles. The first kappa shape index (κ1) is 16.9. The summed E-state index contributed by atoms with van der Waals surface area (Å²) in [5.41, 5.74) is 6.00. The van der Waals surface area contributed by atoms with Gasteiger partial charge in [0.25, 0.3) is 0 Å². The standard InChI is InChI=1S/C13H26N2O3/c1-5-18-12(17)6-7-15-11(16)8-10(14)9-13(2,3)4/h10H,5-9,14H2,1-4H3,(H,15,16). The van der Waals surface area contributed by atoms with Crippen LogP contribution in [0.5, 0.6) is 0 Å². The Morgan fingerprint density at radius 1 is 1.33 bits per heavy atom. The monoisotopic (exact) mass is 258 g/mol. The first-order chi connectivity index (χ1) is 8.24. The predicted molar refractivity (Wildman–Crippen MR) is 70.9 cm³/mol. The summed E-state index contributed by atoms with van der Waals surface area (Å²) < 4.78 is 4.76. The number of carbonyl (C=O) groups excluding carboxylic acids is 2. The first-order valence-electron chi connectivity index (χ1n) is 6.42. The van der Waals surface area contributed by atoms with E-state index in [1.807, 2.05) is 0 Å². The highest BCUT2D eigenvalue weighted by atomic mass is 16.5. The lowest BCUT2D eigenvalue weighted by atomic mass is 9.87. The predicted octanol–water partition coefficient (Wildman–Crippen LogP) is 1.21. The summed E-state index contributed by atoms with van der Waals surface area (Å²) in [5.74, 6) is -0.409. The van der Waals surface area contributed by atoms with Gasteiger partial charge in [0.05, 0.1) is 13.0 Å². The lowest BCUT2D eigenvalue weighted by Crippen LogP contribution is -2.35. The molecule has 1 atom stereocenters. The minimum atomic E-state index is -0.295. The molecule has 5 nitrogen and oxygen atoms in total. The second-order valence-corrected chi connectivity index (χ2v) is 5.63. The van der Waals surface area contributed by atoms with E-state index in [0.717, 1.165) is 6.42 Å². The molecule has 1 unspecified atom stereocenters. The van der Waals surface area contributed by atoms with Crippen molar-refractivity contribution >= 4 is 11.9 Å². The van der Waals surface area contributed by atoms with Gasteiger partial charge in [0.15, 0.2) is 0 Å². The molecule has 0 aliphatic heterocycles. The van der Waals surface area contributed by atoms with E-state index in [4.69, 9.17) is 10.5 Å². The topological polar surface area (TPSA) is 81.4 Å². The van der Waals surface area contributed by atoms with Crippen LogP contribution < -0.4 is 11.1 Å². The van der Waals surface area contributed by atoms with Crippen molar-refractivity contribution in [3.05, 3.63) is 0 Å². The van der Waals surface area contributed by atoms with Crippen molar-refractivity contribution in [3.8, 4) is 0 Å². The van der Waals surface area contributed by atoms with E-state index in [0.29, 0.717) is 19.6 Å². The molecule has 0 radical (unpaired) electrons. The molecule has 0 aromatic rings. The zero-order valence-corrected chi connectivity index (χ0v) is 11.9. The van der Waals surface area contributed by atoms with Crippen LogP contribution in [-0.2, 0) is 14.3 Å². The third-order valence-electron chi connectivity index (χ3n) is 2.28. The van der Waals surface area contributed by atoms with E-state index in [2.05, 4.69) is 26.1 Å². The Morgan fingerprint density at radius 3 is 2.44 bits per heavy atom. The van der Waals surface area contributed by atoms with Crippen molar-refractivity contribution in [3.63, 3.8) is 0 Å². The van der Waals surface area contributed by atoms with Gasteiger partial charge in [-0.1, -0.05) is 20.8 Å². The lowest BCUT2D eigenvalue weighted by Gasteiger charge is -2.22. The smallest absolute Gasteiger partial charge is 0.307 e. The summed E-state index contributed by atoms with van der Waals surface area (Å²) in [6.45, 7) is 8.69. The Balaban J connectivity index is 3.74. The molecular formula is C13H26N2O3. The van der Waals surface area contributed by atoms with Crippen molar-refractivity contribution in [2.75, 3.05) is 13.2 Å². The Kier molecular flexibility index (Phi) is 7.59. The van der Waals surface area contributed by atoms with Crippen molar-refractivity contribution < 1.29 is 14.3 Å². The van der Waals surface area contributed by atoms with Crippen LogP contribution in [0.15, 0.2) is 0 Å². The van der Waals surface area contributed by atoms with Crippen LogP contribution >= 0.6 is 0 Å². The Bertz CT molecular complexity index is 272. The molecule has 0 spiro atoms. The number of nitrogens with two attached hydrogens (primary N) is 1. The molecule has 0 aromatic carbocycles. The summed E-state index contributed by atoms with van der Waals surface area (Å²) >= 11 is 0. The van der Waals surface area contributed by atoms with Gasteiger partial charge in [-0.3, -0.25) is 9.59 Å². The molecule has 3 N–H and O–H groups in total. The highest BCUT2D eigenvalue weighted by Gasteiger charge is 2.18. The maximum Gasteiger partial charge on any atom is 0.307 e. The van der Waals surface area contributed by atoms with Crippen LogP contribution in [0.25, 0.3) is 0 Å². The fourth-order valence-corrected chi connectivity index (χ4v) is 1.71. The van der Waals surface area contributed by atoms with Crippen LogP contribution in [0.2, 0.25) is 0 Å². The van der Waals surface area contributed by atoms with Gasteiger partial charge < -0.3 is 15.8 Å². The molecular weight excluding hydrogens is 232 g/mol. The van der Waals surface area contributed by atoms with Crippen molar-refractivity contribution in [1.29, 1.82) is 0 Å². The SMILES string of the molecule is CCOC(=O)CCNC(=O)CC(N)CC(C)(C)C. The second kappa shape index (κ2) is 8.08. The quantitative estimate of drug-likeness (QED) is 0.672. The van der Waals surface area contributed by atoms with Crippen LogP contribution in [0.1, 0.15) is 47.0 Å². The summed E-state index contributed by atoms with van der Waals surface area (Å²) in [6.07, 6.45) is 1.28. The van der Waals surface area contributed by atoms with Gasteiger partial charge in [0.2, 0.25) is 5.91 Å². The lowest BCUT2D eigenvalue weighted by molar-refractivity contribution is -0.143. The zero-order chi connectivity index (χ0) is 14.2. The fourth-order valence-electron chi connectivity index (χ4n) is 1.71. The number of ether oxygens (including phenoxy) is 1. The number of hydrogen-bond acceptors (Lipinski definition) is 4. The van der Waals surface area contributed by atoms with E-state index in [-0.39, 0.29) is 29.8 Å². The molecule has 18 heavy (non-hydrogen) atoms. The van der Waals surface area contributed by atoms with Gasteiger partial charge in [-0.05, 0) is 18.8 Å². The number of rotatable bonds is 7. The molecule has 0 bridgehead atoms. The van der Waals surface area contributed by atoms with Crippen molar-refractivity contribution in [2.24, 2.45) is 11.1 Å². The van der Waals surface area contributed by atoms with E-state index in [9.17, 15) is 9.59 Å². The Hall–Kier alpha value is -1.10. The third kappa shape index (κ3) is 10.1. The number of nitrogens with one attached hydrogen (secondary N) is 1. The zero-order valence-electron chi connectivity index (χ0n) is 11.9. The molecule has 0 fully saturated rings. The molecule has 0 aliphatic rings. The summed E-state index contributed by atoms with van der Waals surface area (Å²) in [7, 11) is 0. The molecule has 0 heterocycles. The number of hydrogen-bond donors (Lipinski definition) is 2. The Morgan fingerprint density at radius 2 is 1.94 bits per heavy atom. The molecule has 0 aromatic heterocycles. The Labute approximate surface area is 109 Å². The highest BCUT2D eigenvalue weighted by Crippen LogP contribution is 2.20. The van der Waals surface area contributed by atoms with Gasteiger partial charge in [-0.15, -0.1) is 0 Å². The van der Waals surface area contributed by atoms with Crippen LogP contribution in [0.3, 0.4) is 0 Å². The van der Waals surface area contributed by atoms with Gasteiger partial charge in [-0.2, -0.15) is 0 Å². The molecule has 0 rings (SSSR count). The number of carbonyl (C=O) groups is 2. The minimum absolute atomic E-state index is 0.115. The summed E-state index contributed by atoms with van der Waals surface area (Å²) in [6, 6.07) is -0.146. The summed E-state index contributed by atoms with van der Waals surface area (Å²) in [5, 5.41) is 2.67. The first-order valence-corrected chi connectivity index (χ1v) is 6.42. The third-order valence-corrected chi connectivity index (χ3v) is 2.28. The maximum absolute atomic E-state index is 11.5. The van der Waals surface area contributed by atoms with E-state index in [1.54, 1.807) is 6.92 Å². The number of amides is 1. The van der Waals surface area contributed by atoms with Crippen molar-refractivity contribution in [2.45, 2.75) is 53.0 Å². The minimum Gasteiger partial charge on any atom is -0.466 e. The van der Waals surface area contributed by atoms with E-state index < -0.39 is 0 Å². The van der Waals surface area contributed by atoms with E-state index in [1.165, 1.54) is 0 Å². The molecule has 0 saturated carbocycles. The highest BCUT2D eigenvalue weighted by molar-refractivity contribution is 5.77. The largest absolute Gasteiger partial charge is 0.466 e. The van der Waals surface area contributed by atoms with Crippen LogP contribution in [0.4, 0.5) is 0 Å². The second-order valence-electron chi connectivity index (χ2n) is 5.63. The van der Waals surface area contributed by atoms with Crippen LogP contribution in [0, 0.1) is 5.41 Å². The summed E-state index contributed by atoms with van der Waals surface area (Å²) in [4.78, 5) is 22.6. The van der Waals surface area contributed by atoms with Gasteiger partial charge >= 0.3 is 5.97 Å². The van der Waals surface area contributed by atoms with Gasteiger partial charge in [0.1, 0.15) is 0 Å². The maximum atomic E-state index is 11.5. The average Bonchev–Trinajstić information content (AvgIpc) is 2.14. The van der Waals surface area contributed by atoms with Gasteiger partial charge in [-0.25, -0.2) is 0 Å². The molecule has 5 heteroatoms.